The van der Waals surface area contributed by atoms with E-state index in [1.165, 1.54) is 11.1 Å². The third kappa shape index (κ3) is 4.96. The van der Waals surface area contributed by atoms with Crippen molar-refractivity contribution >= 4 is 5.91 Å². The summed E-state index contributed by atoms with van der Waals surface area (Å²) in [6.45, 7) is 3.43. The van der Waals surface area contributed by atoms with E-state index in [1.54, 1.807) is 7.11 Å². The molecule has 0 saturated carbocycles. The second-order valence-electron chi connectivity index (χ2n) is 9.17. The third-order valence-electron chi connectivity index (χ3n) is 7.09. The van der Waals surface area contributed by atoms with Crippen LogP contribution in [0.2, 0.25) is 0 Å². The number of piperidine rings is 1. The molecule has 5 rings (SSSR count). The number of ether oxygens (including phenoxy) is 1. The lowest BCUT2D eigenvalue weighted by Gasteiger charge is -2.34. The van der Waals surface area contributed by atoms with E-state index < -0.39 is 0 Å². The van der Waals surface area contributed by atoms with Gasteiger partial charge in [0.1, 0.15) is 5.75 Å². The number of hydrogen-bond acceptors (Lipinski definition) is 5. The molecule has 0 spiro atoms. The molecule has 3 aromatic rings. The van der Waals surface area contributed by atoms with Crippen molar-refractivity contribution in [1.29, 1.82) is 0 Å². The van der Waals surface area contributed by atoms with Crippen LogP contribution in [0.25, 0.3) is 11.3 Å². The molecule has 2 aliphatic heterocycles. The van der Waals surface area contributed by atoms with E-state index in [0.717, 1.165) is 68.2 Å². The van der Waals surface area contributed by atoms with Crippen molar-refractivity contribution in [2.75, 3.05) is 26.7 Å². The lowest BCUT2D eigenvalue weighted by molar-refractivity contribution is -0.133. The van der Waals surface area contributed by atoms with Gasteiger partial charge in [0.2, 0.25) is 5.91 Å². The van der Waals surface area contributed by atoms with Gasteiger partial charge in [-0.1, -0.05) is 29.4 Å². The highest BCUT2D eigenvalue weighted by molar-refractivity contribution is 5.77. The van der Waals surface area contributed by atoms with Crippen molar-refractivity contribution in [3.8, 4) is 17.1 Å². The van der Waals surface area contributed by atoms with Gasteiger partial charge in [0.25, 0.3) is 0 Å². The summed E-state index contributed by atoms with van der Waals surface area (Å²) in [6, 6.07) is 18.3. The maximum Gasteiger partial charge on any atom is 0.223 e. The maximum absolute atomic E-state index is 13.2. The smallest absolute Gasteiger partial charge is 0.223 e. The highest BCUT2D eigenvalue weighted by Gasteiger charge is 2.30. The number of nitrogens with zero attached hydrogens (tertiary/aromatic N) is 2. The highest BCUT2D eigenvalue weighted by Crippen LogP contribution is 2.30. The second-order valence-corrected chi connectivity index (χ2v) is 9.17. The van der Waals surface area contributed by atoms with Crippen molar-refractivity contribution in [2.45, 2.75) is 32.2 Å². The molecule has 2 unspecified atom stereocenters. The molecule has 172 valence electrons. The number of carbonyl (C=O) groups excluding carboxylic acids is 1. The number of rotatable bonds is 6. The summed E-state index contributed by atoms with van der Waals surface area (Å²) in [5.74, 6) is 2.58. The van der Waals surface area contributed by atoms with Gasteiger partial charge in [-0.2, -0.15) is 0 Å². The summed E-state index contributed by atoms with van der Waals surface area (Å²) < 4.78 is 10.9. The summed E-state index contributed by atoms with van der Waals surface area (Å²) >= 11 is 0. The van der Waals surface area contributed by atoms with Crippen molar-refractivity contribution in [1.82, 2.24) is 15.4 Å². The van der Waals surface area contributed by atoms with Gasteiger partial charge < -0.3 is 19.5 Å². The van der Waals surface area contributed by atoms with Crippen LogP contribution >= 0.6 is 0 Å². The molecular formula is C27H31N3O3. The van der Waals surface area contributed by atoms with Crippen LogP contribution in [-0.2, 0) is 24.2 Å². The van der Waals surface area contributed by atoms with Crippen LogP contribution < -0.4 is 10.1 Å². The Bertz CT molecular complexity index is 1090. The Kier molecular flexibility index (Phi) is 6.44. The maximum atomic E-state index is 13.2. The van der Waals surface area contributed by atoms with E-state index in [-0.39, 0.29) is 5.91 Å². The van der Waals surface area contributed by atoms with Gasteiger partial charge in [-0.15, -0.1) is 0 Å². The number of hydrogen-bond donors (Lipinski definition) is 1. The highest BCUT2D eigenvalue weighted by atomic mass is 16.5. The van der Waals surface area contributed by atoms with E-state index in [1.807, 2.05) is 35.2 Å². The molecule has 33 heavy (non-hydrogen) atoms. The van der Waals surface area contributed by atoms with Crippen LogP contribution in [0.15, 0.2) is 59.1 Å². The van der Waals surface area contributed by atoms with Crippen molar-refractivity contribution < 1.29 is 14.1 Å². The number of nitrogens with one attached hydrogen (secondary N) is 1. The summed E-state index contributed by atoms with van der Waals surface area (Å²) in [7, 11) is 1.66. The van der Waals surface area contributed by atoms with Crippen LogP contribution in [0.1, 0.15) is 29.7 Å². The predicted molar refractivity (Wildman–Crippen MR) is 127 cm³/mol. The molecule has 2 aliphatic rings. The number of amides is 1. The molecule has 1 fully saturated rings. The largest absolute Gasteiger partial charge is 0.497 e. The first-order chi connectivity index (χ1) is 16.2. The minimum atomic E-state index is 0.278. The van der Waals surface area contributed by atoms with Crippen molar-refractivity contribution in [3.05, 3.63) is 71.4 Å². The molecular weight excluding hydrogens is 414 g/mol. The number of aromatic nitrogens is 1. The van der Waals surface area contributed by atoms with E-state index in [0.29, 0.717) is 18.3 Å². The number of carbonyl (C=O) groups is 1. The van der Waals surface area contributed by atoms with Crippen LogP contribution in [0.5, 0.6) is 5.75 Å². The van der Waals surface area contributed by atoms with Crippen LogP contribution in [0.4, 0.5) is 0 Å². The molecule has 1 amide bonds. The average molecular weight is 446 g/mol. The molecule has 2 atom stereocenters. The number of methoxy groups -OCH3 is 1. The Morgan fingerprint density at radius 1 is 1.15 bits per heavy atom. The summed E-state index contributed by atoms with van der Waals surface area (Å²) in [5, 5.41) is 7.83. The lowest BCUT2D eigenvalue weighted by Crippen LogP contribution is -2.42. The minimum absolute atomic E-state index is 0.278. The van der Waals surface area contributed by atoms with E-state index in [4.69, 9.17) is 9.26 Å². The monoisotopic (exact) mass is 445 g/mol. The first-order valence-corrected chi connectivity index (χ1v) is 11.8. The molecule has 1 N–H and O–H groups in total. The van der Waals surface area contributed by atoms with Gasteiger partial charge in [-0.3, -0.25) is 4.79 Å². The molecule has 6 heteroatoms. The minimum Gasteiger partial charge on any atom is -0.497 e. The summed E-state index contributed by atoms with van der Waals surface area (Å²) in [4.78, 5) is 15.2. The summed E-state index contributed by atoms with van der Waals surface area (Å²) in [6.07, 6.45) is 3.39. The first-order valence-electron chi connectivity index (χ1n) is 11.8. The Balaban J connectivity index is 1.22. The van der Waals surface area contributed by atoms with Crippen LogP contribution in [0.3, 0.4) is 0 Å². The topological polar surface area (TPSA) is 67.6 Å². The molecule has 2 aromatic carbocycles. The zero-order valence-corrected chi connectivity index (χ0v) is 19.1. The van der Waals surface area contributed by atoms with Crippen LogP contribution in [-0.4, -0.2) is 42.7 Å². The molecule has 1 aromatic heterocycles. The van der Waals surface area contributed by atoms with Gasteiger partial charge in [0, 0.05) is 31.1 Å². The molecule has 6 nitrogen and oxygen atoms in total. The quantitative estimate of drug-likeness (QED) is 0.619. The van der Waals surface area contributed by atoms with Crippen LogP contribution in [0, 0.1) is 11.8 Å². The Labute approximate surface area is 194 Å². The predicted octanol–water partition coefficient (Wildman–Crippen LogP) is 4.09. The number of benzene rings is 2. The lowest BCUT2D eigenvalue weighted by atomic mass is 9.80. The van der Waals surface area contributed by atoms with Gasteiger partial charge in [-0.25, -0.2) is 0 Å². The second kappa shape index (κ2) is 9.79. The van der Waals surface area contributed by atoms with E-state index >= 15 is 0 Å². The third-order valence-corrected chi connectivity index (χ3v) is 7.09. The summed E-state index contributed by atoms with van der Waals surface area (Å²) in [5.41, 5.74) is 4.58. The molecule has 0 aliphatic carbocycles. The van der Waals surface area contributed by atoms with Crippen molar-refractivity contribution in [2.24, 2.45) is 11.8 Å². The molecule has 0 radical (unpaired) electrons. The zero-order chi connectivity index (χ0) is 22.6. The van der Waals surface area contributed by atoms with Gasteiger partial charge in [0.15, 0.2) is 5.76 Å². The fraction of sp³-hybridized carbons (Fsp3) is 0.407. The standard InChI is InChI=1S/C27H31N3O3/c1-32-25-8-6-20(7-9-25)26-16-24(29-33-26)14-23-17-28-12-10-21(23)15-27(31)30-13-11-19-4-2-3-5-22(19)18-30/h2-9,16,21,23,28H,10-15,17-18H2,1H3. The van der Waals surface area contributed by atoms with Crippen molar-refractivity contribution in [3.63, 3.8) is 0 Å². The van der Waals surface area contributed by atoms with Gasteiger partial charge >= 0.3 is 0 Å². The first kappa shape index (κ1) is 21.7. The Morgan fingerprint density at radius 2 is 1.97 bits per heavy atom. The average Bonchev–Trinajstić information content (AvgIpc) is 3.33. The Morgan fingerprint density at radius 3 is 2.79 bits per heavy atom. The Hall–Kier alpha value is -3.12. The number of fused-ring (bicyclic) bond motifs is 1. The molecule has 0 bridgehead atoms. The fourth-order valence-electron chi connectivity index (χ4n) is 5.11. The fourth-order valence-corrected chi connectivity index (χ4v) is 5.11. The van der Waals surface area contributed by atoms with E-state index in [2.05, 4.69) is 34.7 Å². The van der Waals surface area contributed by atoms with Gasteiger partial charge in [-0.05, 0) is 79.6 Å². The normalized spacial score (nSPS) is 20.3. The van der Waals surface area contributed by atoms with E-state index in [9.17, 15) is 4.79 Å². The molecule has 3 heterocycles. The van der Waals surface area contributed by atoms with Gasteiger partial charge in [0.05, 0.1) is 12.8 Å². The molecule has 1 saturated heterocycles. The zero-order valence-electron chi connectivity index (χ0n) is 19.1. The SMILES string of the molecule is COc1ccc(-c2cc(CC3CNCCC3CC(=O)N3CCc4ccccc4C3)no2)cc1.